The minimum absolute atomic E-state index is 0.0183. The number of nitrogens with one attached hydrogen (secondary N) is 1. The van der Waals surface area contributed by atoms with Crippen LogP contribution in [0.5, 0.6) is 0 Å². The van der Waals surface area contributed by atoms with E-state index in [0.717, 1.165) is 6.07 Å². The number of carbonyl (C=O) groups excluding carboxylic acids is 1. The van der Waals surface area contributed by atoms with Gasteiger partial charge in [-0.2, -0.15) is 0 Å². The number of benzene rings is 1. The van der Waals surface area contributed by atoms with Crippen LogP contribution in [0.3, 0.4) is 0 Å². The second kappa shape index (κ2) is 6.29. The van der Waals surface area contributed by atoms with Crippen molar-refractivity contribution < 1.29 is 19.1 Å². The monoisotopic (exact) mass is 268 g/mol. The number of halogens is 1. The molecule has 1 aromatic carbocycles. The van der Waals surface area contributed by atoms with Gasteiger partial charge in [0, 0.05) is 26.2 Å². The van der Waals surface area contributed by atoms with Crippen molar-refractivity contribution in [2.75, 3.05) is 14.1 Å². The molecule has 0 aliphatic rings. The Balaban J connectivity index is 2.75. The zero-order valence-corrected chi connectivity index (χ0v) is 11.1. The Kier molecular flexibility index (Phi) is 5.00. The predicted octanol–water partition coefficient (Wildman–Crippen LogP) is 1.09. The summed E-state index contributed by atoms with van der Waals surface area (Å²) < 4.78 is 13.5. The van der Waals surface area contributed by atoms with E-state index in [1.807, 2.05) is 0 Å². The molecule has 0 radical (unpaired) electrons. The lowest BCUT2D eigenvalue weighted by Crippen LogP contribution is -2.41. The fourth-order valence-corrected chi connectivity index (χ4v) is 1.58. The molecule has 0 saturated heterocycles. The van der Waals surface area contributed by atoms with Crippen LogP contribution >= 0.6 is 0 Å². The molecule has 0 fully saturated rings. The summed E-state index contributed by atoms with van der Waals surface area (Å²) in [6.07, 6.45) is 0. The molecule has 0 saturated carbocycles. The normalized spacial score (nSPS) is 12.0. The van der Waals surface area contributed by atoms with Gasteiger partial charge < -0.3 is 15.3 Å². The van der Waals surface area contributed by atoms with E-state index in [9.17, 15) is 14.0 Å². The van der Waals surface area contributed by atoms with Crippen LogP contribution in [0.4, 0.5) is 4.39 Å². The summed E-state index contributed by atoms with van der Waals surface area (Å²) in [7, 11) is 3.26. The van der Waals surface area contributed by atoms with E-state index in [2.05, 4.69) is 5.32 Å². The minimum atomic E-state index is -1.11. The number of carboxylic acid groups (broad SMARTS) is 1. The Morgan fingerprint density at radius 2 is 2.05 bits per heavy atom. The number of hydrogen-bond acceptors (Lipinski definition) is 3. The largest absolute Gasteiger partial charge is 0.478 e. The van der Waals surface area contributed by atoms with E-state index < -0.39 is 17.8 Å². The average molecular weight is 268 g/mol. The van der Waals surface area contributed by atoms with Crippen molar-refractivity contribution in [1.29, 1.82) is 0 Å². The summed E-state index contributed by atoms with van der Waals surface area (Å²) in [5.74, 6) is -1.74. The van der Waals surface area contributed by atoms with Crippen LogP contribution in [0.15, 0.2) is 18.2 Å². The van der Waals surface area contributed by atoms with Gasteiger partial charge in [0.25, 0.3) is 0 Å². The first-order valence-corrected chi connectivity index (χ1v) is 5.79. The zero-order chi connectivity index (χ0) is 14.6. The first-order valence-electron chi connectivity index (χ1n) is 5.79. The van der Waals surface area contributed by atoms with Crippen LogP contribution in [-0.4, -0.2) is 42.0 Å². The molecule has 19 heavy (non-hydrogen) atoms. The van der Waals surface area contributed by atoms with Crippen molar-refractivity contribution >= 4 is 11.9 Å². The molecule has 1 unspecified atom stereocenters. The molecule has 0 aliphatic heterocycles. The van der Waals surface area contributed by atoms with E-state index in [1.54, 1.807) is 21.0 Å². The summed E-state index contributed by atoms with van der Waals surface area (Å²) in [5.41, 5.74) is 0.239. The van der Waals surface area contributed by atoms with Gasteiger partial charge in [-0.15, -0.1) is 0 Å². The summed E-state index contributed by atoms with van der Waals surface area (Å²) in [5, 5.41) is 11.7. The summed E-state index contributed by atoms with van der Waals surface area (Å²) in [6.45, 7) is 1.76. The molecule has 0 heterocycles. The highest BCUT2D eigenvalue weighted by Crippen LogP contribution is 2.11. The van der Waals surface area contributed by atoms with E-state index in [0.29, 0.717) is 0 Å². The molecule has 5 nitrogen and oxygen atoms in total. The van der Waals surface area contributed by atoms with Crippen LogP contribution < -0.4 is 5.32 Å². The SMILES string of the molecule is CC(NCc1cc(C(=O)O)ccc1F)C(=O)N(C)C. The molecule has 2 N–H and O–H groups in total. The van der Waals surface area contributed by atoms with Crippen LogP contribution in [-0.2, 0) is 11.3 Å². The summed E-state index contributed by atoms with van der Waals surface area (Å²) >= 11 is 0. The third kappa shape index (κ3) is 4.03. The van der Waals surface area contributed by atoms with E-state index in [1.165, 1.54) is 17.0 Å². The topological polar surface area (TPSA) is 69.6 Å². The molecular weight excluding hydrogens is 251 g/mol. The average Bonchev–Trinajstić information content (AvgIpc) is 2.35. The number of likely N-dealkylation sites (N-methyl/N-ethyl adjacent to an activating group) is 1. The van der Waals surface area contributed by atoms with Crippen LogP contribution in [0.1, 0.15) is 22.8 Å². The molecule has 104 valence electrons. The lowest BCUT2D eigenvalue weighted by atomic mass is 10.1. The molecule has 6 heteroatoms. The highest BCUT2D eigenvalue weighted by Gasteiger charge is 2.15. The number of carbonyl (C=O) groups is 2. The molecule has 1 amide bonds. The Hall–Kier alpha value is -1.95. The first-order chi connectivity index (χ1) is 8.82. The van der Waals surface area contributed by atoms with Gasteiger partial charge in [-0.3, -0.25) is 4.79 Å². The standard InChI is InChI=1S/C13H17FN2O3/c1-8(12(17)16(2)3)15-7-10-6-9(13(18)19)4-5-11(10)14/h4-6,8,15H,7H2,1-3H3,(H,18,19). The lowest BCUT2D eigenvalue weighted by Gasteiger charge is -2.18. The Morgan fingerprint density at radius 3 is 2.58 bits per heavy atom. The lowest BCUT2D eigenvalue weighted by molar-refractivity contribution is -0.130. The van der Waals surface area contributed by atoms with Crippen LogP contribution in [0.25, 0.3) is 0 Å². The first kappa shape index (κ1) is 15.1. The summed E-state index contributed by atoms with van der Waals surface area (Å²) in [4.78, 5) is 23.8. The quantitative estimate of drug-likeness (QED) is 0.838. The molecule has 1 rings (SSSR count). The second-order valence-corrected chi connectivity index (χ2v) is 4.45. The fourth-order valence-electron chi connectivity index (χ4n) is 1.58. The maximum Gasteiger partial charge on any atom is 0.335 e. The molecule has 1 aromatic rings. The maximum absolute atomic E-state index is 13.5. The van der Waals surface area contributed by atoms with Gasteiger partial charge in [0.15, 0.2) is 0 Å². The number of nitrogens with zero attached hydrogens (tertiary/aromatic N) is 1. The number of amides is 1. The second-order valence-electron chi connectivity index (χ2n) is 4.45. The number of carboxylic acids is 1. The Labute approximate surface area is 111 Å². The molecule has 0 spiro atoms. The minimum Gasteiger partial charge on any atom is -0.478 e. The number of hydrogen-bond donors (Lipinski definition) is 2. The summed E-state index contributed by atoms with van der Waals surface area (Å²) in [6, 6.07) is 3.11. The van der Waals surface area contributed by atoms with Crippen molar-refractivity contribution in [3.8, 4) is 0 Å². The van der Waals surface area contributed by atoms with Gasteiger partial charge in [-0.1, -0.05) is 0 Å². The Morgan fingerprint density at radius 1 is 1.42 bits per heavy atom. The fraction of sp³-hybridized carbons (Fsp3) is 0.385. The van der Waals surface area contributed by atoms with E-state index in [-0.39, 0.29) is 23.6 Å². The smallest absolute Gasteiger partial charge is 0.335 e. The van der Waals surface area contributed by atoms with Gasteiger partial charge in [0.05, 0.1) is 11.6 Å². The third-order valence-electron chi connectivity index (χ3n) is 2.70. The molecule has 0 aromatic heterocycles. The highest BCUT2D eigenvalue weighted by molar-refractivity contribution is 5.87. The molecule has 0 aliphatic carbocycles. The van der Waals surface area contributed by atoms with Crippen molar-refractivity contribution in [3.63, 3.8) is 0 Å². The van der Waals surface area contributed by atoms with Gasteiger partial charge in [-0.25, -0.2) is 9.18 Å². The van der Waals surface area contributed by atoms with Crippen LogP contribution in [0, 0.1) is 5.82 Å². The third-order valence-corrected chi connectivity index (χ3v) is 2.70. The zero-order valence-electron chi connectivity index (χ0n) is 11.1. The van der Waals surface area contributed by atoms with Crippen molar-refractivity contribution in [2.45, 2.75) is 19.5 Å². The van der Waals surface area contributed by atoms with Crippen molar-refractivity contribution in [2.24, 2.45) is 0 Å². The predicted molar refractivity (Wildman–Crippen MR) is 68.4 cm³/mol. The number of rotatable bonds is 5. The Bertz CT molecular complexity index is 489. The van der Waals surface area contributed by atoms with Gasteiger partial charge >= 0.3 is 5.97 Å². The van der Waals surface area contributed by atoms with Gasteiger partial charge in [0.1, 0.15) is 5.82 Å². The van der Waals surface area contributed by atoms with E-state index >= 15 is 0 Å². The molecular formula is C13H17FN2O3. The van der Waals surface area contributed by atoms with Gasteiger partial charge in [0.2, 0.25) is 5.91 Å². The molecule has 1 atom stereocenters. The van der Waals surface area contributed by atoms with Gasteiger partial charge in [-0.05, 0) is 25.1 Å². The highest BCUT2D eigenvalue weighted by atomic mass is 19.1. The van der Waals surface area contributed by atoms with Crippen LogP contribution in [0.2, 0.25) is 0 Å². The molecule has 0 bridgehead atoms. The van der Waals surface area contributed by atoms with E-state index in [4.69, 9.17) is 5.11 Å². The maximum atomic E-state index is 13.5. The van der Waals surface area contributed by atoms with Crippen molar-refractivity contribution in [3.05, 3.63) is 35.1 Å². The van der Waals surface area contributed by atoms with Crippen molar-refractivity contribution in [1.82, 2.24) is 10.2 Å². The number of aromatic carboxylic acids is 1.